The van der Waals surface area contributed by atoms with Gasteiger partial charge in [0, 0.05) is 24.1 Å². The van der Waals surface area contributed by atoms with Crippen molar-refractivity contribution < 1.29 is 29.2 Å². The number of allylic oxidation sites excluding steroid dienone is 4. The van der Waals surface area contributed by atoms with Crippen LogP contribution in [-0.2, 0) is 4.74 Å². The van der Waals surface area contributed by atoms with Crippen molar-refractivity contribution in [2.24, 2.45) is 0 Å². The molecule has 0 atom stereocenters. The van der Waals surface area contributed by atoms with Crippen molar-refractivity contribution in [1.82, 2.24) is 0 Å². The molecular weight excluding hydrogens is 328 g/mol. The third-order valence-corrected chi connectivity index (χ3v) is 3.85. The Balaban J connectivity index is 2.16. The van der Waals surface area contributed by atoms with Crippen molar-refractivity contribution in [2.45, 2.75) is 6.42 Å². The van der Waals surface area contributed by atoms with Gasteiger partial charge >= 0.3 is 0 Å². The van der Waals surface area contributed by atoms with E-state index in [9.17, 15) is 20.1 Å². The van der Waals surface area contributed by atoms with Crippen LogP contribution in [0.25, 0.3) is 16.5 Å². The predicted molar refractivity (Wildman–Crippen MR) is 90.8 cm³/mol. The van der Waals surface area contributed by atoms with Crippen molar-refractivity contribution in [3.8, 4) is 17.2 Å². The van der Waals surface area contributed by atoms with Crippen molar-refractivity contribution >= 4 is 16.5 Å². The molecule has 2 aromatic rings. The summed E-state index contributed by atoms with van der Waals surface area (Å²) in [6.45, 7) is 0. The lowest BCUT2D eigenvalue weighted by atomic mass is 10.1. The highest BCUT2D eigenvalue weighted by molar-refractivity contribution is 5.89. The molecule has 0 spiro atoms. The predicted octanol–water partition coefficient (Wildman–Crippen LogP) is 2.97. The molecule has 1 aliphatic rings. The molecule has 0 fully saturated rings. The molecule has 130 valence electrons. The van der Waals surface area contributed by atoms with E-state index in [2.05, 4.69) is 0 Å². The standard InChI is InChI=1S/C18H16O7/c1-23-13-6-4-9(3-5-10(13)19)14-7-11(20)16-15(25-14)8-12(21)18(24-2)17(16)22/h3-4,6-8,19,21-22H,5H2,1-2H3. The van der Waals surface area contributed by atoms with Gasteiger partial charge in [0.25, 0.3) is 0 Å². The maximum absolute atomic E-state index is 12.4. The number of benzene rings is 1. The number of hydrogen-bond donors (Lipinski definition) is 3. The first-order valence-electron chi connectivity index (χ1n) is 7.37. The quantitative estimate of drug-likeness (QED) is 0.785. The van der Waals surface area contributed by atoms with E-state index in [1.54, 1.807) is 18.2 Å². The van der Waals surface area contributed by atoms with Gasteiger partial charge in [0.2, 0.25) is 5.75 Å². The Labute approximate surface area is 142 Å². The minimum atomic E-state index is -0.491. The van der Waals surface area contributed by atoms with Gasteiger partial charge in [-0.05, 0) is 12.2 Å². The first kappa shape index (κ1) is 16.5. The summed E-state index contributed by atoms with van der Waals surface area (Å²) in [6, 6.07) is 2.43. The number of methoxy groups -OCH3 is 2. The topological polar surface area (TPSA) is 109 Å². The summed E-state index contributed by atoms with van der Waals surface area (Å²) in [5, 5.41) is 29.8. The zero-order valence-electron chi connectivity index (χ0n) is 13.6. The van der Waals surface area contributed by atoms with Crippen LogP contribution in [-0.4, -0.2) is 29.5 Å². The molecule has 0 saturated heterocycles. The van der Waals surface area contributed by atoms with Crippen molar-refractivity contribution in [2.75, 3.05) is 14.2 Å². The molecule has 0 aliphatic heterocycles. The van der Waals surface area contributed by atoms with Gasteiger partial charge in [0.05, 0.1) is 14.2 Å². The lowest BCUT2D eigenvalue weighted by Crippen LogP contribution is -2.03. The molecule has 1 aromatic heterocycles. The fourth-order valence-corrected chi connectivity index (χ4v) is 2.62. The monoisotopic (exact) mass is 344 g/mol. The fourth-order valence-electron chi connectivity index (χ4n) is 2.62. The Morgan fingerprint density at radius 2 is 1.84 bits per heavy atom. The molecule has 1 aliphatic carbocycles. The molecule has 1 heterocycles. The van der Waals surface area contributed by atoms with Gasteiger partial charge in [0.15, 0.2) is 22.7 Å². The summed E-state index contributed by atoms with van der Waals surface area (Å²) in [7, 11) is 2.71. The second-order valence-electron chi connectivity index (χ2n) is 5.34. The Kier molecular flexibility index (Phi) is 4.14. The van der Waals surface area contributed by atoms with Crippen LogP contribution in [0.4, 0.5) is 0 Å². The summed E-state index contributed by atoms with van der Waals surface area (Å²) >= 11 is 0. The van der Waals surface area contributed by atoms with Gasteiger partial charge in [-0.15, -0.1) is 0 Å². The highest BCUT2D eigenvalue weighted by atomic mass is 16.5. The van der Waals surface area contributed by atoms with E-state index in [-0.39, 0.29) is 40.4 Å². The zero-order chi connectivity index (χ0) is 18.1. The molecule has 7 nitrogen and oxygen atoms in total. The molecule has 0 radical (unpaired) electrons. The van der Waals surface area contributed by atoms with Crippen LogP contribution < -0.4 is 10.2 Å². The summed E-state index contributed by atoms with van der Waals surface area (Å²) < 4.78 is 15.6. The maximum Gasteiger partial charge on any atom is 0.203 e. The number of aliphatic hydroxyl groups excluding tert-OH is 1. The van der Waals surface area contributed by atoms with Crippen LogP contribution in [0.15, 0.2) is 51.1 Å². The van der Waals surface area contributed by atoms with E-state index in [1.807, 2.05) is 0 Å². The molecule has 3 N–H and O–H groups in total. The number of phenolic OH excluding ortho intramolecular Hbond substituents is 2. The van der Waals surface area contributed by atoms with Crippen LogP contribution >= 0.6 is 0 Å². The van der Waals surface area contributed by atoms with E-state index in [0.29, 0.717) is 11.3 Å². The van der Waals surface area contributed by atoms with Gasteiger partial charge in [-0.1, -0.05) is 6.08 Å². The third kappa shape index (κ3) is 2.80. The first-order valence-corrected chi connectivity index (χ1v) is 7.37. The van der Waals surface area contributed by atoms with Gasteiger partial charge in [0.1, 0.15) is 22.5 Å². The van der Waals surface area contributed by atoms with Gasteiger partial charge < -0.3 is 29.2 Å². The van der Waals surface area contributed by atoms with Gasteiger partial charge in [-0.25, -0.2) is 0 Å². The number of aromatic hydroxyl groups is 2. The summed E-state index contributed by atoms with van der Waals surface area (Å²) in [6.07, 6.45) is 5.06. The number of fused-ring (bicyclic) bond motifs is 1. The SMILES string of the molecule is COC1=C(O)CC=C(c2cc(=O)c3c(O)c(OC)c(O)cc3o2)C=C1. The number of ether oxygens (including phenoxy) is 2. The third-order valence-electron chi connectivity index (χ3n) is 3.85. The number of phenols is 2. The fraction of sp³-hybridized carbons (Fsp3) is 0.167. The maximum atomic E-state index is 12.4. The highest BCUT2D eigenvalue weighted by Gasteiger charge is 2.19. The average Bonchev–Trinajstić information content (AvgIpc) is 2.75. The molecule has 0 unspecified atom stereocenters. The molecule has 0 saturated carbocycles. The molecule has 0 amide bonds. The molecular formula is C18H16O7. The lowest BCUT2D eigenvalue weighted by molar-refractivity contribution is 0.265. The Hall–Kier alpha value is -3.35. The van der Waals surface area contributed by atoms with Crippen molar-refractivity contribution in [3.05, 3.63) is 57.9 Å². The number of rotatable bonds is 3. The number of hydrogen-bond acceptors (Lipinski definition) is 7. The number of aliphatic hydroxyl groups is 1. The minimum absolute atomic E-state index is 0.0148. The molecule has 0 bridgehead atoms. The van der Waals surface area contributed by atoms with Gasteiger partial charge in [-0.2, -0.15) is 0 Å². The summed E-state index contributed by atoms with van der Waals surface area (Å²) in [4.78, 5) is 12.4. The smallest absolute Gasteiger partial charge is 0.203 e. The van der Waals surface area contributed by atoms with E-state index < -0.39 is 11.2 Å². The Morgan fingerprint density at radius 1 is 1.08 bits per heavy atom. The van der Waals surface area contributed by atoms with Crippen LogP contribution in [0.2, 0.25) is 0 Å². The van der Waals surface area contributed by atoms with Crippen LogP contribution in [0.1, 0.15) is 12.2 Å². The molecule has 7 heteroatoms. The minimum Gasteiger partial charge on any atom is -0.508 e. The Morgan fingerprint density at radius 3 is 2.52 bits per heavy atom. The first-order chi connectivity index (χ1) is 12.0. The van der Waals surface area contributed by atoms with Crippen LogP contribution in [0.3, 0.4) is 0 Å². The summed E-state index contributed by atoms with van der Waals surface area (Å²) in [5.41, 5.74) is 0.0723. The van der Waals surface area contributed by atoms with E-state index >= 15 is 0 Å². The Bertz CT molecular complexity index is 993. The van der Waals surface area contributed by atoms with Crippen molar-refractivity contribution in [1.29, 1.82) is 0 Å². The second kappa shape index (κ2) is 6.27. The second-order valence-corrected chi connectivity index (χ2v) is 5.34. The lowest BCUT2D eigenvalue weighted by Gasteiger charge is -2.09. The van der Waals surface area contributed by atoms with E-state index in [0.717, 1.165) is 0 Å². The van der Waals surface area contributed by atoms with Crippen LogP contribution in [0, 0.1) is 0 Å². The van der Waals surface area contributed by atoms with Crippen LogP contribution in [0.5, 0.6) is 17.2 Å². The normalized spacial score (nSPS) is 14.4. The molecule has 3 rings (SSSR count). The largest absolute Gasteiger partial charge is 0.508 e. The van der Waals surface area contributed by atoms with Crippen molar-refractivity contribution in [3.63, 3.8) is 0 Å². The van der Waals surface area contributed by atoms with Gasteiger partial charge in [-0.3, -0.25) is 4.79 Å². The highest BCUT2D eigenvalue weighted by Crippen LogP contribution is 2.41. The average molecular weight is 344 g/mol. The molecule has 1 aromatic carbocycles. The van der Waals surface area contributed by atoms with E-state index in [4.69, 9.17) is 13.9 Å². The molecule has 25 heavy (non-hydrogen) atoms. The van der Waals surface area contributed by atoms with E-state index in [1.165, 1.54) is 26.4 Å². The zero-order valence-corrected chi connectivity index (χ0v) is 13.6. The summed E-state index contributed by atoms with van der Waals surface area (Å²) in [5.74, 6) is -0.433.